The number of nitrogens with zero attached hydrogens (tertiary/aromatic N) is 2. The number of nitrogens with one attached hydrogen (secondary N) is 2. The first-order chi connectivity index (χ1) is 8.69. The second-order valence-corrected chi connectivity index (χ2v) is 6.06. The normalized spacial score (nSPS) is 16.3. The van der Waals surface area contributed by atoms with E-state index < -0.39 is 10.8 Å². The third-order valence-corrected chi connectivity index (χ3v) is 3.52. The number of rotatable bonds is 7. The molecule has 1 aromatic heterocycles. The fourth-order valence-electron chi connectivity index (χ4n) is 1.68. The van der Waals surface area contributed by atoms with Crippen molar-refractivity contribution in [3.05, 3.63) is 11.9 Å². The Kier molecular flexibility index (Phi) is 4.52. The Morgan fingerprint density at radius 1 is 1.33 bits per heavy atom. The van der Waals surface area contributed by atoms with Crippen molar-refractivity contribution < 1.29 is 4.21 Å². The quantitative estimate of drug-likeness (QED) is 0.786. The molecule has 1 unspecified atom stereocenters. The van der Waals surface area contributed by atoms with Gasteiger partial charge in [-0.05, 0) is 19.8 Å². The number of hydrogen-bond acceptors (Lipinski definition) is 5. The van der Waals surface area contributed by atoms with E-state index in [1.807, 2.05) is 13.0 Å². The fraction of sp³-hybridized carbons (Fsp3) is 0.667. The monoisotopic (exact) mass is 268 g/mol. The lowest BCUT2D eigenvalue weighted by molar-refractivity contribution is 0.687. The number of hydrogen-bond donors (Lipinski definition) is 2. The highest BCUT2D eigenvalue weighted by molar-refractivity contribution is 7.84. The van der Waals surface area contributed by atoms with Crippen LogP contribution in [0.1, 0.15) is 31.5 Å². The van der Waals surface area contributed by atoms with E-state index in [9.17, 15) is 4.21 Å². The zero-order chi connectivity index (χ0) is 13.0. The van der Waals surface area contributed by atoms with Gasteiger partial charge in [0.15, 0.2) is 0 Å². The second kappa shape index (κ2) is 6.13. The molecule has 5 nitrogen and oxygen atoms in total. The molecule has 100 valence electrons. The average Bonchev–Trinajstić information content (AvgIpc) is 3.12. The highest BCUT2D eigenvalue weighted by Crippen LogP contribution is 2.38. The van der Waals surface area contributed by atoms with Gasteiger partial charge in [0.25, 0.3) is 0 Å². The van der Waals surface area contributed by atoms with Crippen LogP contribution in [0.25, 0.3) is 0 Å². The highest BCUT2D eigenvalue weighted by atomic mass is 32.2. The first-order valence-corrected chi connectivity index (χ1v) is 8.08. The molecule has 0 aliphatic heterocycles. The van der Waals surface area contributed by atoms with Crippen LogP contribution < -0.4 is 10.6 Å². The smallest absolute Gasteiger partial charge is 0.136 e. The predicted molar refractivity (Wildman–Crippen MR) is 75.6 cm³/mol. The molecule has 0 amide bonds. The summed E-state index contributed by atoms with van der Waals surface area (Å²) in [5.74, 6) is 3.79. The predicted octanol–water partition coefficient (Wildman–Crippen LogP) is 1.58. The van der Waals surface area contributed by atoms with Crippen molar-refractivity contribution in [2.75, 3.05) is 35.7 Å². The van der Waals surface area contributed by atoms with E-state index in [-0.39, 0.29) is 0 Å². The van der Waals surface area contributed by atoms with Crippen LogP contribution in [0.3, 0.4) is 0 Å². The third-order valence-electron chi connectivity index (χ3n) is 2.74. The summed E-state index contributed by atoms with van der Waals surface area (Å²) in [6, 6.07) is 1.91. The first-order valence-electron chi connectivity index (χ1n) is 6.35. The zero-order valence-electron chi connectivity index (χ0n) is 10.9. The Labute approximate surface area is 110 Å². The summed E-state index contributed by atoms with van der Waals surface area (Å²) >= 11 is 0. The summed E-state index contributed by atoms with van der Waals surface area (Å²) in [6.07, 6.45) is 4.09. The highest BCUT2D eigenvalue weighted by Gasteiger charge is 2.27. The Bertz CT molecular complexity index is 434. The van der Waals surface area contributed by atoms with Crippen LogP contribution in [0.2, 0.25) is 0 Å². The fourth-order valence-corrected chi connectivity index (χ4v) is 2.06. The van der Waals surface area contributed by atoms with Crippen LogP contribution in [-0.2, 0) is 10.8 Å². The molecule has 2 rings (SSSR count). The van der Waals surface area contributed by atoms with E-state index in [4.69, 9.17) is 0 Å². The maximum atomic E-state index is 11.0. The van der Waals surface area contributed by atoms with Gasteiger partial charge in [-0.2, -0.15) is 0 Å². The van der Waals surface area contributed by atoms with Crippen LogP contribution in [0.4, 0.5) is 11.6 Å². The summed E-state index contributed by atoms with van der Waals surface area (Å²) in [5.41, 5.74) is 0. The Morgan fingerprint density at radius 2 is 2.00 bits per heavy atom. The Hall–Kier alpha value is -1.17. The molecule has 0 aromatic carbocycles. The topological polar surface area (TPSA) is 66.9 Å². The summed E-state index contributed by atoms with van der Waals surface area (Å²) in [6.45, 7) is 3.57. The molecular weight excluding hydrogens is 248 g/mol. The van der Waals surface area contributed by atoms with Gasteiger partial charge in [0.1, 0.15) is 17.5 Å². The molecule has 1 saturated carbocycles. The van der Waals surface area contributed by atoms with E-state index in [0.717, 1.165) is 24.0 Å². The standard InChI is InChI=1S/C12H20N4OS/c1-3-13-10-8-11(14-6-7-18(2)17)16-12(15-10)9-4-5-9/h8-9H,3-7H2,1-2H3,(H2,13,14,15,16). The maximum absolute atomic E-state index is 11.0. The van der Waals surface area contributed by atoms with Crippen LogP contribution in [0, 0.1) is 0 Å². The molecule has 0 radical (unpaired) electrons. The molecule has 0 bridgehead atoms. The molecule has 0 saturated heterocycles. The first kappa shape index (κ1) is 13.3. The SMILES string of the molecule is CCNc1cc(NCCS(C)=O)nc(C2CC2)n1. The second-order valence-electron chi connectivity index (χ2n) is 4.51. The zero-order valence-corrected chi connectivity index (χ0v) is 11.7. The van der Waals surface area contributed by atoms with Crippen LogP contribution >= 0.6 is 0 Å². The Morgan fingerprint density at radius 3 is 2.56 bits per heavy atom. The van der Waals surface area contributed by atoms with Crippen LogP contribution in [0.5, 0.6) is 0 Å². The summed E-state index contributed by atoms with van der Waals surface area (Å²) in [7, 11) is -0.771. The van der Waals surface area contributed by atoms with Crippen LogP contribution in [0.15, 0.2) is 6.07 Å². The van der Waals surface area contributed by atoms with E-state index in [1.165, 1.54) is 12.8 Å². The minimum absolute atomic E-state index is 0.532. The lowest BCUT2D eigenvalue weighted by Crippen LogP contribution is -2.12. The molecule has 2 N–H and O–H groups in total. The molecule has 1 aliphatic rings. The van der Waals surface area contributed by atoms with Gasteiger partial charge in [-0.1, -0.05) is 0 Å². The van der Waals surface area contributed by atoms with E-state index in [1.54, 1.807) is 6.26 Å². The van der Waals surface area contributed by atoms with Crippen molar-refractivity contribution in [2.24, 2.45) is 0 Å². The average molecular weight is 268 g/mol. The molecule has 1 aromatic rings. The lowest BCUT2D eigenvalue weighted by atomic mass is 10.3. The number of aromatic nitrogens is 2. The van der Waals surface area contributed by atoms with Gasteiger partial charge >= 0.3 is 0 Å². The minimum Gasteiger partial charge on any atom is -0.370 e. The molecule has 6 heteroatoms. The summed E-state index contributed by atoms with van der Waals surface area (Å²) in [5, 5.41) is 6.43. The van der Waals surface area contributed by atoms with Gasteiger partial charge in [-0.3, -0.25) is 4.21 Å². The summed E-state index contributed by atoms with van der Waals surface area (Å²) in [4.78, 5) is 9.02. The summed E-state index contributed by atoms with van der Waals surface area (Å²) < 4.78 is 11.0. The van der Waals surface area contributed by atoms with Crippen molar-refractivity contribution in [3.63, 3.8) is 0 Å². The number of anilines is 2. The molecular formula is C12H20N4OS. The minimum atomic E-state index is -0.771. The van der Waals surface area contributed by atoms with Crippen molar-refractivity contribution in [1.29, 1.82) is 0 Å². The van der Waals surface area contributed by atoms with Crippen molar-refractivity contribution in [3.8, 4) is 0 Å². The van der Waals surface area contributed by atoms with Crippen LogP contribution in [-0.4, -0.2) is 39.3 Å². The third kappa shape index (κ3) is 3.94. The molecule has 1 atom stereocenters. The van der Waals surface area contributed by atoms with Gasteiger partial charge in [0.05, 0.1) is 0 Å². The molecule has 1 heterocycles. The van der Waals surface area contributed by atoms with E-state index in [0.29, 0.717) is 18.2 Å². The van der Waals surface area contributed by atoms with Crippen molar-refractivity contribution >= 4 is 22.4 Å². The maximum Gasteiger partial charge on any atom is 0.136 e. The molecule has 0 spiro atoms. The Balaban J connectivity index is 2.04. The molecule has 18 heavy (non-hydrogen) atoms. The van der Waals surface area contributed by atoms with Crippen molar-refractivity contribution in [2.45, 2.75) is 25.7 Å². The van der Waals surface area contributed by atoms with Gasteiger partial charge in [0.2, 0.25) is 0 Å². The molecule has 1 fully saturated rings. The van der Waals surface area contributed by atoms with Gasteiger partial charge in [-0.25, -0.2) is 9.97 Å². The lowest BCUT2D eigenvalue weighted by Gasteiger charge is -2.09. The van der Waals surface area contributed by atoms with Crippen molar-refractivity contribution in [1.82, 2.24) is 9.97 Å². The van der Waals surface area contributed by atoms with Gasteiger partial charge in [-0.15, -0.1) is 0 Å². The van der Waals surface area contributed by atoms with E-state index >= 15 is 0 Å². The largest absolute Gasteiger partial charge is 0.370 e. The molecule has 1 aliphatic carbocycles. The van der Waals surface area contributed by atoms with Gasteiger partial charge < -0.3 is 10.6 Å². The van der Waals surface area contributed by atoms with E-state index in [2.05, 4.69) is 20.6 Å². The van der Waals surface area contributed by atoms with Gasteiger partial charge in [0, 0.05) is 47.9 Å².